The second-order valence-corrected chi connectivity index (χ2v) is 9.07. The molecule has 4 aromatic heterocycles. The summed E-state index contributed by atoms with van der Waals surface area (Å²) in [6.07, 6.45) is 13.3. The molecule has 1 aliphatic rings. The first-order chi connectivity index (χ1) is 16.5. The molecule has 1 saturated heterocycles. The molecular weight excluding hydrogens is 422 g/mol. The van der Waals surface area contributed by atoms with Gasteiger partial charge in [-0.25, -0.2) is 0 Å². The summed E-state index contributed by atoms with van der Waals surface area (Å²) in [5, 5.41) is 8.82. The average Bonchev–Trinajstić information content (AvgIpc) is 3.46. The normalized spacial score (nSPS) is 14.6. The van der Waals surface area contributed by atoms with E-state index in [9.17, 15) is 0 Å². The van der Waals surface area contributed by atoms with Gasteiger partial charge >= 0.3 is 0 Å². The van der Waals surface area contributed by atoms with Crippen molar-refractivity contribution in [1.82, 2.24) is 30.0 Å². The number of allylic oxidation sites excluding steroid dienone is 2. The summed E-state index contributed by atoms with van der Waals surface area (Å²) in [6, 6.07) is 6.40. The van der Waals surface area contributed by atoms with Gasteiger partial charge < -0.3 is 14.8 Å². The maximum atomic E-state index is 4.65. The predicted octanol–water partition coefficient (Wildman–Crippen LogP) is 5.40. The van der Waals surface area contributed by atoms with E-state index in [2.05, 4.69) is 67.8 Å². The molecule has 5 heterocycles. The number of hydrogen-bond acceptors (Lipinski definition) is 5. The molecule has 2 N–H and O–H groups in total. The first-order valence-corrected chi connectivity index (χ1v) is 11.8. The summed E-state index contributed by atoms with van der Waals surface area (Å²) in [7, 11) is 4.02. The van der Waals surface area contributed by atoms with Crippen LogP contribution in [0.1, 0.15) is 30.5 Å². The van der Waals surface area contributed by atoms with E-state index in [1.807, 2.05) is 43.7 Å². The Morgan fingerprint density at radius 3 is 2.68 bits per heavy atom. The zero-order chi connectivity index (χ0) is 23.7. The maximum absolute atomic E-state index is 4.65. The van der Waals surface area contributed by atoms with Crippen molar-refractivity contribution < 1.29 is 0 Å². The lowest BCUT2D eigenvalue weighted by Gasteiger charge is -2.31. The molecule has 174 valence electrons. The van der Waals surface area contributed by atoms with Crippen LogP contribution in [-0.2, 0) is 0 Å². The fourth-order valence-corrected chi connectivity index (χ4v) is 4.66. The van der Waals surface area contributed by atoms with Crippen LogP contribution < -0.4 is 4.90 Å². The molecule has 0 amide bonds. The Morgan fingerprint density at radius 2 is 1.91 bits per heavy atom. The first-order valence-electron chi connectivity index (χ1n) is 11.8. The Balaban J connectivity index is 1.55. The summed E-state index contributed by atoms with van der Waals surface area (Å²) in [4.78, 5) is 17.1. The molecule has 0 saturated carbocycles. The molecule has 1 fully saturated rings. The van der Waals surface area contributed by atoms with Crippen molar-refractivity contribution in [2.24, 2.45) is 0 Å². The van der Waals surface area contributed by atoms with Gasteiger partial charge in [-0.05, 0) is 50.5 Å². The lowest BCUT2D eigenvalue weighted by molar-refractivity contribution is 0.326. The summed E-state index contributed by atoms with van der Waals surface area (Å²) >= 11 is 0. The zero-order valence-corrected chi connectivity index (χ0v) is 20.1. The van der Waals surface area contributed by atoms with E-state index in [-0.39, 0.29) is 0 Å². The highest BCUT2D eigenvalue weighted by Gasteiger charge is 2.20. The van der Waals surface area contributed by atoms with Gasteiger partial charge in [-0.3, -0.25) is 15.1 Å². The molecule has 5 rings (SSSR count). The molecule has 4 aromatic rings. The molecule has 0 spiro atoms. The SMILES string of the molecule is C=C/C=C(\c1cc(-c2n[nH]c3cnc(-c4cncc(N(C)C)c4)cc23)[nH]c1C)N1CCCCC1. The van der Waals surface area contributed by atoms with Crippen LogP contribution in [-0.4, -0.2) is 57.2 Å². The van der Waals surface area contributed by atoms with Gasteiger partial charge in [-0.1, -0.05) is 12.7 Å². The van der Waals surface area contributed by atoms with E-state index in [1.165, 1.54) is 30.5 Å². The number of anilines is 1. The summed E-state index contributed by atoms with van der Waals surface area (Å²) < 4.78 is 0. The van der Waals surface area contributed by atoms with Crippen LogP contribution in [0.4, 0.5) is 5.69 Å². The number of aromatic amines is 2. The molecule has 0 bridgehead atoms. The number of hydrogen-bond donors (Lipinski definition) is 2. The van der Waals surface area contributed by atoms with E-state index in [4.69, 9.17) is 0 Å². The van der Waals surface area contributed by atoms with Crippen LogP contribution in [0, 0.1) is 6.92 Å². The fourth-order valence-electron chi connectivity index (χ4n) is 4.66. The molecule has 34 heavy (non-hydrogen) atoms. The second-order valence-electron chi connectivity index (χ2n) is 9.07. The molecule has 7 heteroatoms. The highest BCUT2D eigenvalue weighted by Crippen LogP contribution is 2.33. The predicted molar refractivity (Wildman–Crippen MR) is 140 cm³/mol. The standard InChI is InChI=1S/C27H31N7/c1-5-9-26(34-10-7-6-8-11-34)21-13-24(30-18(21)2)27-22-14-23(29-17-25(22)31-32-27)19-12-20(33(3)4)16-28-15-19/h5,9,12-17,30H,1,6-8,10-11H2,2-4H3,(H,31,32)/b26-9+. The van der Waals surface area contributed by atoms with E-state index < -0.39 is 0 Å². The highest BCUT2D eigenvalue weighted by atomic mass is 15.1. The molecule has 1 aliphatic heterocycles. The van der Waals surface area contributed by atoms with E-state index in [0.717, 1.165) is 58.0 Å². The van der Waals surface area contributed by atoms with Crippen LogP contribution >= 0.6 is 0 Å². The molecule has 7 nitrogen and oxygen atoms in total. The van der Waals surface area contributed by atoms with Crippen LogP contribution in [0.2, 0.25) is 0 Å². The molecular formula is C27H31N7. The van der Waals surface area contributed by atoms with Gasteiger partial charge in [-0.15, -0.1) is 0 Å². The number of aryl methyl sites for hydroxylation is 1. The third kappa shape index (κ3) is 4.09. The van der Waals surface area contributed by atoms with Crippen molar-refractivity contribution in [3.63, 3.8) is 0 Å². The first kappa shape index (κ1) is 21.9. The maximum Gasteiger partial charge on any atom is 0.116 e. The van der Waals surface area contributed by atoms with E-state index >= 15 is 0 Å². The fraction of sp³-hybridized carbons (Fsp3) is 0.296. The van der Waals surface area contributed by atoms with Crippen molar-refractivity contribution in [3.05, 3.63) is 66.8 Å². The van der Waals surface area contributed by atoms with Crippen molar-refractivity contribution >= 4 is 22.3 Å². The summed E-state index contributed by atoms with van der Waals surface area (Å²) in [5.41, 5.74) is 9.22. The summed E-state index contributed by atoms with van der Waals surface area (Å²) in [5.74, 6) is 0. The van der Waals surface area contributed by atoms with Crippen molar-refractivity contribution in [1.29, 1.82) is 0 Å². The summed E-state index contributed by atoms with van der Waals surface area (Å²) in [6.45, 7) is 8.25. The lowest BCUT2D eigenvalue weighted by Crippen LogP contribution is -2.28. The van der Waals surface area contributed by atoms with Crippen molar-refractivity contribution in [3.8, 4) is 22.6 Å². The number of piperidine rings is 1. The Kier molecular flexibility index (Phi) is 5.92. The molecule has 0 unspecified atom stereocenters. The highest BCUT2D eigenvalue weighted by molar-refractivity contribution is 5.94. The van der Waals surface area contributed by atoms with Gasteiger partial charge in [0.25, 0.3) is 0 Å². The third-order valence-corrected chi connectivity index (χ3v) is 6.50. The number of rotatable bonds is 6. The van der Waals surface area contributed by atoms with Gasteiger partial charge in [0.2, 0.25) is 0 Å². The third-order valence-electron chi connectivity index (χ3n) is 6.50. The smallest absolute Gasteiger partial charge is 0.116 e. The number of nitrogens with one attached hydrogen (secondary N) is 2. The number of H-pyrrole nitrogens is 2. The number of aromatic nitrogens is 5. The minimum absolute atomic E-state index is 0.871. The second kappa shape index (κ2) is 9.17. The Morgan fingerprint density at radius 1 is 1.09 bits per heavy atom. The van der Waals surface area contributed by atoms with Gasteiger partial charge in [-0.2, -0.15) is 5.10 Å². The number of nitrogens with zero attached hydrogens (tertiary/aromatic N) is 5. The number of pyridine rings is 2. The number of fused-ring (bicyclic) bond motifs is 1. The van der Waals surface area contributed by atoms with Crippen LogP contribution in [0.5, 0.6) is 0 Å². The van der Waals surface area contributed by atoms with Gasteiger partial charge in [0.05, 0.1) is 35.0 Å². The molecule has 0 aromatic carbocycles. The average molecular weight is 454 g/mol. The van der Waals surface area contributed by atoms with E-state index in [1.54, 1.807) is 0 Å². The van der Waals surface area contributed by atoms with Gasteiger partial charge in [0, 0.05) is 61.3 Å². The molecule has 0 aliphatic carbocycles. The molecule has 0 radical (unpaired) electrons. The van der Waals surface area contributed by atoms with Crippen molar-refractivity contribution in [2.45, 2.75) is 26.2 Å². The quantitative estimate of drug-likeness (QED) is 0.382. The zero-order valence-electron chi connectivity index (χ0n) is 20.1. The monoisotopic (exact) mass is 453 g/mol. The minimum atomic E-state index is 0.871. The van der Waals surface area contributed by atoms with E-state index in [0.29, 0.717) is 0 Å². The van der Waals surface area contributed by atoms with Crippen molar-refractivity contribution in [2.75, 3.05) is 32.1 Å². The topological polar surface area (TPSA) is 76.7 Å². The largest absolute Gasteiger partial charge is 0.376 e. The van der Waals surface area contributed by atoms with Gasteiger partial charge in [0.15, 0.2) is 0 Å². The Bertz CT molecular complexity index is 1350. The minimum Gasteiger partial charge on any atom is -0.376 e. The lowest BCUT2D eigenvalue weighted by atomic mass is 10.1. The van der Waals surface area contributed by atoms with Crippen LogP contribution in [0.15, 0.2) is 55.5 Å². The van der Waals surface area contributed by atoms with Crippen LogP contribution in [0.25, 0.3) is 39.2 Å². The number of likely N-dealkylation sites (tertiary alicyclic amines) is 1. The Labute approximate surface area is 200 Å². The van der Waals surface area contributed by atoms with Crippen LogP contribution in [0.3, 0.4) is 0 Å². The molecule has 0 atom stereocenters. The Hall–Kier alpha value is -3.87. The van der Waals surface area contributed by atoms with Gasteiger partial charge in [0.1, 0.15) is 5.69 Å².